The summed E-state index contributed by atoms with van der Waals surface area (Å²) in [5.41, 5.74) is 4.08. The van der Waals surface area contributed by atoms with Gasteiger partial charge in [-0.15, -0.1) is 5.10 Å². The van der Waals surface area contributed by atoms with Gasteiger partial charge in [0, 0.05) is 23.5 Å². The lowest BCUT2D eigenvalue weighted by atomic mass is 9.85. The van der Waals surface area contributed by atoms with E-state index in [9.17, 15) is 4.79 Å². The molecule has 10 nitrogen and oxygen atoms in total. The molecule has 184 valence electrons. The van der Waals surface area contributed by atoms with Crippen LogP contribution < -0.4 is 19.5 Å². The zero-order valence-electron chi connectivity index (χ0n) is 20.5. The minimum Gasteiger partial charge on any atom is -0.497 e. The van der Waals surface area contributed by atoms with Gasteiger partial charge in [-0.3, -0.25) is 4.79 Å². The largest absolute Gasteiger partial charge is 0.497 e. The third-order valence-corrected chi connectivity index (χ3v) is 6.12. The topological polar surface area (TPSA) is 113 Å². The van der Waals surface area contributed by atoms with E-state index in [1.165, 1.54) is 0 Å². The standard InChI is InChI=1S/C26H26N6O4/c1-5-36-21-11-8-17(12-22(21)35-4)19-13-23(33)29-25-24(19)15(2)31-32(25)26-28-20(14-27-30-26)16-6-9-18(34-3)10-7-16/h6-12,14,19H,5,13H2,1-4H3,(H,29,33)/t19-/m1/s1. The van der Waals surface area contributed by atoms with Crippen molar-refractivity contribution in [2.24, 2.45) is 0 Å². The Morgan fingerprint density at radius 1 is 1.08 bits per heavy atom. The van der Waals surface area contributed by atoms with E-state index in [0.717, 1.165) is 28.1 Å². The maximum Gasteiger partial charge on any atom is 0.272 e. The van der Waals surface area contributed by atoms with Gasteiger partial charge in [0.1, 0.15) is 11.6 Å². The molecule has 0 radical (unpaired) electrons. The van der Waals surface area contributed by atoms with Gasteiger partial charge in [-0.2, -0.15) is 14.9 Å². The molecule has 0 saturated carbocycles. The number of carbonyl (C=O) groups excluding carboxylic acids is 1. The SMILES string of the molecule is CCOc1ccc([C@H]2CC(=O)Nc3c2c(C)nn3-c2nncc(-c3ccc(OC)cc3)n2)cc1OC. The van der Waals surface area contributed by atoms with E-state index in [4.69, 9.17) is 14.2 Å². The summed E-state index contributed by atoms with van der Waals surface area (Å²) < 4.78 is 18.0. The number of benzene rings is 2. The number of carbonyl (C=O) groups is 1. The van der Waals surface area contributed by atoms with Gasteiger partial charge in [-0.1, -0.05) is 6.07 Å². The van der Waals surface area contributed by atoms with Crippen molar-refractivity contribution in [3.8, 4) is 34.5 Å². The molecule has 0 aliphatic carbocycles. The van der Waals surface area contributed by atoms with Crippen LogP contribution in [0.4, 0.5) is 5.82 Å². The number of fused-ring (bicyclic) bond motifs is 1. The first-order valence-electron chi connectivity index (χ1n) is 11.6. The monoisotopic (exact) mass is 486 g/mol. The predicted molar refractivity (Wildman–Crippen MR) is 133 cm³/mol. The lowest BCUT2D eigenvalue weighted by Crippen LogP contribution is -2.25. The molecule has 1 amide bonds. The van der Waals surface area contributed by atoms with Gasteiger partial charge in [0.25, 0.3) is 5.95 Å². The molecule has 0 saturated heterocycles. The Balaban J connectivity index is 1.56. The highest BCUT2D eigenvalue weighted by Gasteiger charge is 2.33. The fourth-order valence-corrected chi connectivity index (χ4v) is 4.44. The first-order valence-corrected chi connectivity index (χ1v) is 11.6. The third-order valence-electron chi connectivity index (χ3n) is 6.12. The first kappa shape index (κ1) is 23.3. The number of amides is 1. The molecule has 0 spiro atoms. The molecule has 0 bridgehead atoms. The molecule has 1 aliphatic heterocycles. The zero-order valence-corrected chi connectivity index (χ0v) is 20.5. The fourth-order valence-electron chi connectivity index (χ4n) is 4.44. The van der Waals surface area contributed by atoms with Gasteiger partial charge in [-0.25, -0.2) is 4.98 Å². The Bertz CT molecular complexity index is 1420. The van der Waals surface area contributed by atoms with Crippen molar-refractivity contribution in [1.29, 1.82) is 0 Å². The highest BCUT2D eigenvalue weighted by molar-refractivity contribution is 5.95. The summed E-state index contributed by atoms with van der Waals surface area (Å²) >= 11 is 0. The molecule has 36 heavy (non-hydrogen) atoms. The Kier molecular flexibility index (Phi) is 6.24. The molecule has 2 aromatic carbocycles. The number of ether oxygens (including phenoxy) is 3. The maximum atomic E-state index is 12.8. The van der Waals surface area contributed by atoms with E-state index in [2.05, 4.69) is 25.6 Å². The van der Waals surface area contributed by atoms with Crippen molar-refractivity contribution < 1.29 is 19.0 Å². The normalized spacial score (nSPS) is 14.7. The quantitative estimate of drug-likeness (QED) is 0.418. The number of hydrogen-bond acceptors (Lipinski definition) is 8. The molecular formula is C26H26N6O4. The second-order valence-corrected chi connectivity index (χ2v) is 8.28. The van der Waals surface area contributed by atoms with E-state index >= 15 is 0 Å². The fraction of sp³-hybridized carbons (Fsp3) is 0.269. The Labute approximate surface area is 208 Å². The van der Waals surface area contributed by atoms with Gasteiger partial charge in [0.2, 0.25) is 5.91 Å². The average molecular weight is 487 g/mol. The number of hydrogen-bond donors (Lipinski definition) is 1. The molecule has 0 fully saturated rings. The molecule has 1 N–H and O–H groups in total. The van der Waals surface area contributed by atoms with Gasteiger partial charge >= 0.3 is 0 Å². The van der Waals surface area contributed by atoms with Gasteiger partial charge in [0.15, 0.2) is 11.5 Å². The van der Waals surface area contributed by atoms with Crippen molar-refractivity contribution in [2.45, 2.75) is 26.2 Å². The van der Waals surface area contributed by atoms with Crippen LogP contribution in [0.5, 0.6) is 17.2 Å². The molecule has 3 heterocycles. The summed E-state index contributed by atoms with van der Waals surface area (Å²) in [5.74, 6) is 2.48. The van der Waals surface area contributed by atoms with Crippen LogP contribution in [0.3, 0.4) is 0 Å². The van der Waals surface area contributed by atoms with Gasteiger partial charge < -0.3 is 19.5 Å². The van der Waals surface area contributed by atoms with E-state index in [-0.39, 0.29) is 24.2 Å². The Hall–Kier alpha value is -4.47. The van der Waals surface area contributed by atoms with Crippen LogP contribution in [0.1, 0.15) is 36.1 Å². The van der Waals surface area contributed by atoms with Gasteiger partial charge in [-0.05, 0) is 55.8 Å². The molecule has 1 aliphatic rings. The van der Waals surface area contributed by atoms with Gasteiger partial charge in [0.05, 0.1) is 38.4 Å². The highest BCUT2D eigenvalue weighted by Crippen LogP contribution is 2.42. The second kappa shape index (κ2) is 9.65. The number of rotatable bonds is 7. The first-order chi connectivity index (χ1) is 17.5. The Morgan fingerprint density at radius 2 is 1.89 bits per heavy atom. The minimum atomic E-state index is -0.218. The molecule has 10 heteroatoms. The summed E-state index contributed by atoms with van der Waals surface area (Å²) in [4.78, 5) is 17.5. The lowest BCUT2D eigenvalue weighted by Gasteiger charge is -2.24. The van der Waals surface area contributed by atoms with Crippen LogP contribution in [0.25, 0.3) is 17.2 Å². The highest BCUT2D eigenvalue weighted by atomic mass is 16.5. The summed E-state index contributed by atoms with van der Waals surface area (Å²) in [6.45, 7) is 4.36. The zero-order chi connectivity index (χ0) is 25.2. The van der Waals surface area contributed by atoms with Crippen LogP contribution in [0, 0.1) is 6.92 Å². The van der Waals surface area contributed by atoms with E-state index in [0.29, 0.717) is 29.6 Å². The number of anilines is 1. The smallest absolute Gasteiger partial charge is 0.272 e. The van der Waals surface area contributed by atoms with E-state index in [1.54, 1.807) is 25.1 Å². The third kappa shape index (κ3) is 4.21. The van der Waals surface area contributed by atoms with Crippen molar-refractivity contribution in [1.82, 2.24) is 25.0 Å². The summed E-state index contributed by atoms with van der Waals surface area (Å²) in [7, 11) is 3.22. The molecule has 0 unspecified atom stereocenters. The minimum absolute atomic E-state index is 0.124. The van der Waals surface area contributed by atoms with Crippen LogP contribution in [0.2, 0.25) is 0 Å². The molecular weight excluding hydrogens is 460 g/mol. The van der Waals surface area contributed by atoms with Crippen molar-refractivity contribution in [2.75, 3.05) is 26.1 Å². The molecule has 1 atom stereocenters. The number of aryl methyl sites for hydroxylation is 1. The number of nitrogens with zero attached hydrogens (tertiary/aromatic N) is 5. The van der Waals surface area contributed by atoms with Crippen molar-refractivity contribution in [3.63, 3.8) is 0 Å². The summed E-state index contributed by atoms with van der Waals surface area (Å²) in [6, 6.07) is 13.2. The molecule has 5 rings (SSSR count). The second-order valence-electron chi connectivity index (χ2n) is 8.28. The molecule has 2 aromatic heterocycles. The van der Waals surface area contributed by atoms with Crippen molar-refractivity contribution in [3.05, 3.63) is 65.5 Å². The average Bonchev–Trinajstić information content (AvgIpc) is 3.24. The van der Waals surface area contributed by atoms with Crippen LogP contribution in [-0.2, 0) is 4.79 Å². The van der Waals surface area contributed by atoms with Crippen LogP contribution >= 0.6 is 0 Å². The molecule has 4 aromatic rings. The van der Waals surface area contributed by atoms with E-state index in [1.807, 2.05) is 56.3 Å². The Morgan fingerprint density at radius 3 is 2.61 bits per heavy atom. The van der Waals surface area contributed by atoms with Crippen LogP contribution in [-0.4, -0.2) is 51.7 Å². The number of methoxy groups -OCH3 is 2. The van der Waals surface area contributed by atoms with E-state index < -0.39 is 0 Å². The summed E-state index contributed by atoms with van der Waals surface area (Å²) in [6.07, 6.45) is 1.86. The maximum absolute atomic E-state index is 12.8. The van der Waals surface area contributed by atoms with Crippen LogP contribution in [0.15, 0.2) is 48.7 Å². The lowest BCUT2D eigenvalue weighted by molar-refractivity contribution is -0.116. The van der Waals surface area contributed by atoms with Crippen molar-refractivity contribution >= 4 is 11.7 Å². The number of nitrogens with one attached hydrogen (secondary N) is 1. The number of aromatic nitrogens is 5. The summed E-state index contributed by atoms with van der Waals surface area (Å²) in [5, 5.41) is 16.0. The predicted octanol–water partition coefficient (Wildman–Crippen LogP) is 3.92.